The Morgan fingerprint density at radius 3 is 2.53 bits per heavy atom. The normalized spacial score (nSPS) is 20.5. The molecule has 0 bridgehead atoms. The third kappa shape index (κ3) is 2.39. The van der Waals surface area contributed by atoms with Crippen LogP contribution in [0.4, 0.5) is 0 Å². The molecule has 1 fully saturated rings. The minimum Gasteiger partial charge on any atom is -0.480 e. The van der Waals surface area contributed by atoms with Crippen molar-refractivity contribution >= 4 is 23.6 Å². The number of carbonyl (C=O) groups excluding carboxylic acids is 3. The molecule has 1 aliphatic heterocycles. The molecule has 1 saturated heterocycles. The van der Waals surface area contributed by atoms with Crippen LogP contribution in [0.2, 0.25) is 0 Å². The van der Waals surface area contributed by atoms with E-state index in [1.54, 1.807) is 0 Å². The van der Waals surface area contributed by atoms with Gasteiger partial charge in [0, 0.05) is 6.42 Å². The molecule has 1 unspecified atom stereocenters. The lowest BCUT2D eigenvalue weighted by molar-refractivity contribution is -0.154. The van der Waals surface area contributed by atoms with Crippen molar-refractivity contribution < 1.29 is 24.3 Å². The minimum atomic E-state index is -1.21. The summed E-state index contributed by atoms with van der Waals surface area (Å²) in [6.45, 7) is 1.22. The van der Waals surface area contributed by atoms with Crippen LogP contribution in [0.15, 0.2) is 0 Å². The van der Waals surface area contributed by atoms with Crippen molar-refractivity contribution in [3.63, 3.8) is 0 Å². The monoisotopic (exact) mass is 213 g/mol. The molecular weight excluding hydrogens is 202 g/mol. The number of hydrogen-bond donors (Lipinski definition) is 1. The Balaban J connectivity index is 2.80. The summed E-state index contributed by atoms with van der Waals surface area (Å²) in [5, 5.41) is 8.75. The second-order valence-corrected chi connectivity index (χ2v) is 3.43. The molecule has 82 valence electrons. The van der Waals surface area contributed by atoms with Crippen molar-refractivity contribution in [3.05, 3.63) is 0 Å². The van der Waals surface area contributed by atoms with E-state index in [9.17, 15) is 19.2 Å². The molecule has 0 aliphatic carbocycles. The number of amides is 2. The van der Waals surface area contributed by atoms with Crippen molar-refractivity contribution in [1.29, 1.82) is 0 Å². The van der Waals surface area contributed by atoms with Crippen LogP contribution in [-0.4, -0.2) is 39.6 Å². The van der Waals surface area contributed by atoms with Crippen LogP contribution in [0.3, 0.4) is 0 Å². The van der Waals surface area contributed by atoms with Crippen LogP contribution in [0, 0.1) is 0 Å². The molecule has 15 heavy (non-hydrogen) atoms. The van der Waals surface area contributed by atoms with Gasteiger partial charge >= 0.3 is 5.97 Å². The molecule has 0 aromatic carbocycles. The molecule has 0 spiro atoms. The van der Waals surface area contributed by atoms with E-state index in [4.69, 9.17) is 5.11 Å². The third-order valence-electron chi connectivity index (χ3n) is 2.17. The van der Waals surface area contributed by atoms with Gasteiger partial charge in [-0.2, -0.15) is 0 Å². The average Bonchev–Trinajstić information content (AvgIpc) is 2.45. The van der Waals surface area contributed by atoms with Crippen LogP contribution in [0.25, 0.3) is 0 Å². The Labute approximate surface area is 85.9 Å². The highest BCUT2D eigenvalue weighted by atomic mass is 16.4. The standard InChI is InChI=1S/C9H11NO5/c1-5(11)4-8(13)10-6(9(14)15)2-3-7(10)12/h6H,2-4H2,1H3,(H,14,15). The first kappa shape index (κ1) is 11.4. The number of carbonyl (C=O) groups is 4. The third-order valence-corrected chi connectivity index (χ3v) is 2.17. The minimum absolute atomic E-state index is 0.0423. The van der Waals surface area contributed by atoms with Crippen LogP contribution in [0.1, 0.15) is 26.2 Å². The van der Waals surface area contributed by atoms with E-state index in [1.807, 2.05) is 0 Å². The maximum absolute atomic E-state index is 11.4. The van der Waals surface area contributed by atoms with Gasteiger partial charge in [0.2, 0.25) is 11.8 Å². The Kier molecular flexibility index (Phi) is 3.18. The largest absolute Gasteiger partial charge is 0.480 e. The predicted octanol–water partition coefficient (Wildman–Crippen LogP) is -0.432. The summed E-state index contributed by atoms with van der Waals surface area (Å²) in [6, 6.07) is -1.11. The molecule has 0 saturated carbocycles. The highest BCUT2D eigenvalue weighted by molar-refractivity contribution is 6.07. The summed E-state index contributed by atoms with van der Waals surface area (Å²) in [7, 11) is 0. The van der Waals surface area contributed by atoms with Crippen LogP contribution >= 0.6 is 0 Å². The van der Waals surface area contributed by atoms with Crippen LogP contribution in [-0.2, 0) is 19.2 Å². The number of hydrogen-bond acceptors (Lipinski definition) is 4. The van der Waals surface area contributed by atoms with E-state index in [0.29, 0.717) is 4.90 Å². The molecule has 6 heteroatoms. The molecule has 0 aromatic rings. The number of imide groups is 1. The Hall–Kier alpha value is -1.72. The summed E-state index contributed by atoms with van der Waals surface area (Å²) in [5.41, 5.74) is 0. The summed E-state index contributed by atoms with van der Waals surface area (Å²) in [4.78, 5) is 44.7. The first-order valence-electron chi connectivity index (χ1n) is 4.50. The van der Waals surface area contributed by atoms with E-state index in [2.05, 4.69) is 0 Å². The van der Waals surface area contributed by atoms with Gasteiger partial charge in [-0.3, -0.25) is 19.3 Å². The number of ketones is 1. The molecule has 6 nitrogen and oxygen atoms in total. The number of rotatable bonds is 3. The number of carboxylic acid groups (broad SMARTS) is 1. The fraction of sp³-hybridized carbons (Fsp3) is 0.556. The molecule has 1 N–H and O–H groups in total. The van der Waals surface area contributed by atoms with Gasteiger partial charge < -0.3 is 5.11 Å². The number of carboxylic acids is 1. The van der Waals surface area contributed by atoms with Gasteiger partial charge in [-0.05, 0) is 13.3 Å². The lowest BCUT2D eigenvalue weighted by Gasteiger charge is -2.18. The number of aliphatic carboxylic acids is 1. The zero-order valence-electron chi connectivity index (χ0n) is 8.23. The Bertz CT molecular complexity index is 335. The van der Waals surface area contributed by atoms with Gasteiger partial charge in [0.1, 0.15) is 11.8 Å². The number of nitrogens with zero attached hydrogens (tertiary/aromatic N) is 1. The SMILES string of the molecule is CC(=O)CC(=O)N1C(=O)CCC1C(=O)O. The molecule has 1 atom stereocenters. The fourth-order valence-electron chi connectivity index (χ4n) is 1.53. The zero-order valence-corrected chi connectivity index (χ0v) is 8.23. The first-order valence-corrected chi connectivity index (χ1v) is 4.50. The van der Waals surface area contributed by atoms with Crippen molar-refractivity contribution in [3.8, 4) is 0 Å². The lowest BCUT2D eigenvalue weighted by Crippen LogP contribution is -2.43. The Morgan fingerprint density at radius 1 is 1.47 bits per heavy atom. The Morgan fingerprint density at radius 2 is 2.07 bits per heavy atom. The zero-order chi connectivity index (χ0) is 11.6. The predicted molar refractivity (Wildman–Crippen MR) is 47.8 cm³/mol. The molecule has 0 aromatic heterocycles. The molecule has 2 amide bonds. The maximum Gasteiger partial charge on any atom is 0.326 e. The van der Waals surface area contributed by atoms with E-state index < -0.39 is 30.2 Å². The van der Waals surface area contributed by atoms with Crippen molar-refractivity contribution in [2.24, 2.45) is 0 Å². The van der Waals surface area contributed by atoms with E-state index >= 15 is 0 Å². The van der Waals surface area contributed by atoms with Gasteiger partial charge in [-0.1, -0.05) is 0 Å². The van der Waals surface area contributed by atoms with Gasteiger partial charge in [-0.25, -0.2) is 4.79 Å². The second kappa shape index (κ2) is 4.20. The van der Waals surface area contributed by atoms with E-state index in [0.717, 1.165) is 0 Å². The van der Waals surface area contributed by atoms with Gasteiger partial charge in [-0.15, -0.1) is 0 Å². The second-order valence-electron chi connectivity index (χ2n) is 3.43. The van der Waals surface area contributed by atoms with Crippen LogP contribution in [0.5, 0.6) is 0 Å². The number of Topliss-reactive ketones (excluding diaryl/α,β-unsaturated/α-hetero) is 1. The summed E-state index contributed by atoms with van der Waals surface area (Å²) < 4.78 is 0. The highest BCUT2D eigenvalue weighted by Crippen LogP contribution is 2.19. The average molecular weight is 213 g/mol. The molecule has 1 heterocycles. The summed E-state index contributed by atoms with van der Waals surface area (Å²) >= 11 is 0. The first-order chi connectivity index (χ1) is 6.93. The molecule has 1 aliphatic rings. The van der Waals surface area contributed by atoms with Crippen molar-refractivity contribution in [2.75, 3.05) is 0 Å². The molecule has 1 rings (SSSR count). The quantitative estimate of drug-likeness (QED) is 0.642. The van der Waals surface area contributed by atoms with E-state index in [-0.39, 0.29) is 18.6 Å². The summed E-state index contributed by atoms with van der Waals surface area (Å²) in [5.74, 6) is -2.84. The topological polar surface area (TPSA) is 91.8 Å². The van der Waals surface area contributed by atoms with Gasteiger partial charge in [0.25, 0.3) is 0 Å². The smallest absolute Gasteiger partial charge is 0.326 e. The number of likely N-dealkylation sites (tertiary alicyclic amines) is 1. The fourth-order valence-corrected chi connectivity index (χ4v) is 1.53. The van der Waals surface area contributed by atoms with Crippen LogP contribution < -0.4 is 0 Å². The van der Waals surface area contributed by atoms with Crippen molar-refractivity contribution in [2.45, 2.75) is 32.2 Å². The molecular formula is C9H11NO5. The van der Waals surface area contributed by atoms with E-state index in [1.165, 1.54) is 6.92 Å². The maximum atomic E-state index is 11.4. The summed E-state index contributed by atoms with van der Waals surface area (Å²) in [6.07, 6.45) is -0.256. The van der Waals surface area contributed by atoms with Crippen molar-refractivity contribution in [1.82, 2.24) is 4.90 Å². The molecule has 0 radical (unpaired) electrons. The lowest BCUT2D eigenvalue weighted by atomic mass is 10.2. The highest BCUT2D eigenvalue weighted by Gasteiger charge is 2.40. The van der Waals surface area contributed by atoms with Gasteiger partial charge in [0.05, 0.1) is 6.42 Å². The van der Waals surface area contributed by atoms with Gasteiger partial charge in [0.15, 0.2) is 0 Å².